The second kappa shape index (κ2) is 7.46. The normalized spacial score (nSPS) is 11.5. The number of fused-ring (bicyclic) bond motifs is 2. The van der Waals surface area contributed by atoms with Gasteiger partial charge in [0.2, 0.25) is 0 Å². The molecule has 0 aliphatic heterocycles. The van der Waals surface area contributed by atoms with Gasteiger partial charge in [0.25, 0.3) is 0 Å². The summed E-state index contributed by atoms with van der Waals surface area (Å²) in [5, 5.41) is 9.67. The minimum Gasteiger partial charge on any atom is -0.352 e. The largest absolute Gasteiger partial charge is 0.352 e. The SMILES string of the molecule is CC(=O)c1ccc(-c2cncc3[nH]c(-c4n[nH]c5cnc(-c6cnccc6C)cc45)cc23)s1. The van der Waals surface area contributed by atoms with E-state index in [1.165, 1.54) is 11.3 Å². The fourth-order valence-corrected chi connectivity index (χ4v) is 4.97. The predicted molar refractivity (Wildman–Crippen MR) is 130 cm³/mol. The molecule has 160 valence electrons. The van der Waals surface area contributed by atoms with Crippen LogP contribution < -0.4 is 0 Å². The van der Waals surface area contributed by atoms with E-state index in [-0.39, 0.29) is 5.78 Å². The van der Waals surface area contributed by atoms with E-state index in [1.54, 1.807) is 19.3 Å². The number of ketones is 1. The van der Waals surface area contributed by atoms with Gasteiger partial charge in [0.05, 0.1) is 39.7 Å². The first-order chi connectivity index (χ1) is 16.1. The van der Waals surface area contributed by atoms with Gasteiger partial charge in [-0.3, -0.25) is 24.8 Å². The lowest BCUT2D eigenvalue weighted by molar-refractivity contribution is 0.102. The van der Waals surface area contributed by atoms with Gasteiger partial charge < -0.3 is 4.98 Å². The van der Waals surface area contributed by atoms with Gasteiger partial charge in [0.15, 0.2) is 5.78 Å². The summed E-state index contributed by atoms with van der Waals surface area (Å²) in [4.78, 5) is 30.2. The Labute approximate surface area is 192 Å². The van der Waals surface area contributed by atoms with Gasteiger partial charge in [0.1, 0.15) is 5.69 Å². The van der Waals surface area contributed by atoms with Crippen LogP contribution in [0.4, 0.5) is 0 Å². The van der Waals surface area contributed by atoms with Crippen LogP contribution in [-0.2, 0) is 0 Å². The van der Waals surface area contributed by atoms with Crippen LogP contribution >= 0.6 is 11.3 Å². The molecule has 0 bridgehead atoms. The van der Waals surface area contributed by atoms with Crippen molar-refractivity contribution in [1.82, 2.24) is 30.1 Å². The molecule has 0 aliphatic rings. The van der Waals surface area contributed by atoms with Crippen molar-refractivity contribution >= 4 is 38.9 Å². The van der Waals surface area contributed by atoms with Crippen molar-refractivity contribution in [2.75, 3.05) is 0 Å². The molecule has 0 amide bonds. The quantitative estimate of drug-likeness (QED) is 0.331. The number of aryl methyl sites for hydroxylation is 1. The Balaban J connectivity index is 1.49. The highest BCUT2D eigenvalue weighted by molar-refractivity contribution is 7.17. The zero-order valence-electron chi connectivity index (χ0n) is 17.9. The zero-order valence-corrected chi connectivity index (χ0v) is 18.7. The van der Waals surface area contributed by atoms with Crippen molar-refractivity contribution in [2.24, 2.45) is 0 Å². The summed E-state index contributed by atoms with van der Waals surface area (Å²) in [6, 6.07) is 9.95. The summed E-state index contributed by atoms with van der Waals surface area (Å²) in [7, 11) is 0. The lowest BCUT2D eigenvalue weighted by Gasteiger charge is -2.04. The van der Waals surface area contributed by atoms with Crippen LogP contribution in [0.25, 0.3) is 54.9 Å². The van der Waals surface area contributed by atoms with Gasteiger partial charge in [-0.15, -0.1) is 11.3 Å². The average Bonchev–Trinajstić information content (AvgIpc) is 3.56. The number of H-pyrrole nitrogens is 2. The number of hydrogen-bond donors (Lipinski definition) is 2. The highest BCUT2D eigenvalue weighted by atomic mass is 32.1. The molecule has 0 fully saturated rings. The lowest BCUT2D eigenvalue weighted by atomic mass is 10.1. The number of aromatic nitrogens is 6. The zero-order chi connectivity index (χ0) is 22.5. The minimum absolute atomic E-state index is 0.0670. The summed E-state index contributed by atoms with van der Waals surface area (Å²) in [5.41, 5.74) is 7.41. The molecule has 7 nitrogen and oxygen atoms in total. The number of nitrogens with zero attached hydrogens (tertiary/aromatic N) is 4. The Morgan fingerprint density at radius 3 is 2.64 bits per heavy atom. The second-order valence-electron chi connectivity index (χ2n) is 7.93. The van der Waals surface area contributed by atoms with Gasteiger partial charge in [-0.25, -0.2) is 0 Å². The molecular weight excluding hydrogens is 432 g/mol. The third-order valence-corrected chi connectivity index (χ3v) is 7.00. The first-order valence-corrected chi connectivity index (χ1v) is 11.2. The molecule has 6 aromatic heterocycles. The highest BCUT2D eigenvalue weighted by Crippen LogP contribution is 2.36. The van der Waals surface area contributed by atoms with E-state index in [0.29, 0.717) is 0 Å². The number of carbonyl (C=O) groups excluding carboxylic acids is 1. The van der Waals surface area contributed by atoms with E-state index in [9.17, 15) is 4.79 Å². The standard InChI is InChI=1S/C25H18N6OS/c1-13-5-6-26-9-17(13)19-8-16-22(12-28-19)30-31-25(16)20-7-15-18(10-27-11-21(15)29-20)24-4-3-23(33-24)14(2)32/h3-12,29H,1-2H3,(H,30,31). The Hall–Kier alpha value is -4.17. The Kier molecular flexibility index (Phi) is 4.41. The number of Topliss-reactive ketones (excluding diaryl/α,β-unsaturated/α-hetero) is 1. The summed E-state index contributed by atoms with van der Waals surface area (Å²) < 4.78 is 0. The number of pyridine rings is 3. The van der Waals surface area contributed by atoms with E-state index >= 15 is 0 Å². The first kappa shape index (κ1) is 19.5. The molecule has 6 aromatic rings. The maximum Gasteiger partial charge on any atom is 0.169 e. The number of hydrogen-bond acceptors (Lipinski definition) is 6. The number of aromatic amines is 2. The molecule has 8 heteroatoms. The topological polar surface area (TPSA) is 100 Å². The maximum absolute atomic E-state index is 11.8. The van der Waals surface area contributed by atoms with Gasteiger partial charge in [-0.1, -0.05) is 0 Å². The summed E-state index contributed by atoms with van der Waals surface area (Å²) in [6.45, 7) is 3.63. The summed E-state index contributed by atoms with van der Waals surface area (Å²) >= 11 is 1.48. The van der Waals surface area contributed by atoms with Crippen LogP contribution in [0.2, 0.25) is 0 Å². The highest BCUT2D eigenvalue weighted by Gasteiger charge is 2.16. The average molecular weight is 451 g/mol. The molecule has 0 atom stereocenters. The molecule has 6 heterocycles. The Morgan fingerprint density at radius 1 is 0.939 bits per heavy atom. The number of thiophene rings is 1. The third-order valence-electron chi connectivity index (χ3n) is 5.78. The Bertz CT molecular complexity index is 1680. The van der Waals surface area contributed by atoms with E-state index in [1.807, 2.05) is 49.8 Å². The molecule has 0 aromatic carbocycles. The number of nitrogens with one attached hydrogen (secondary N) is 2. The van der Waals surface area contributed by atoms with Crippen molar-refractivity contribution in [3.8, 4) is 33.1 Å². The van der Waals surface area contributed by atoms with E-state index < -0.39 is 0 Å². The molecule has 0 unspecified atom stereocenters. The molecule has 0 saturated carbocycles. The molecule has 0 saturated heterocycles. The van der Waals surface area contributed by atoms with Gasteiger partial charge in [0, 0.05) is 45.4 Å². The van der Waals surface area contributed by atoms with Crippen LogP contribution in [0.1, 0.15) is 22.2 Å². The monoisotopic (exact) mass is 450 g/mol. The minimum atomic E-state index is 0.0670. The van der Waals surface area contributed by atoms with Crippen LogP contribution in [0.3, 0.4) is 0 Å². The fraction of sp³-hybridized carbons (Fsp3) is 0.0800. The number of carbonyl (C=O) groups is 1. The smallest absolute Gasteiger partial charge is 0.169 e. The van der Waals surface area contributed by atoms with Crippen molar-refractivity contribution in [2.45, 2.75) is 13.8 Å². The summed E-state index contributed by atoms with van der Waals surface area (Å²) in [6.07, 6.45) is 9.07. The lowest BCUT2D eigenvalue weighted by Crippen LogP contribution is -1.88. The number of rotatable bonds is 4. The van der Waals surface area contributed by atoms with Gasteiger partial charge in [-0.05, 0) is 49.7 Å². The van der Waals surface area contributed by atoms with Crippen LogP contribution in [-0.4, -0.2) is 35.9 Å². The van der Waals surface area contributed by atoms with E-state index in [2.05, 4.69) is 36.2 Å². The van der Waals surface area contributed by atoms with Gasteiger partial charge >= 0.3 is 0 Å². The van der Waals surface area contributed by atoms with Crippen LogP contribution in [0.15, 0.2) is 61.3 Å². The van der Waals surface area contributed by atoms with Crippen molar-refractivity contribution in [3.05, 3.63) is 71.8 Å². The Morgan fingerprint density at radius 2 is 1.82 bits per heavy atom. The van der Waals surface area contributed by atoms with Crippen molar-refractivity contribution < 1.29 is 4.79 Å². The van der Waals surface area contributed by atoms with E-state index in [4.69, 9.17) is 0 Å². The molecule has 33 heavy (non-hydrogen) atoms. The van der Waals surface area contributed by atoms with Crippen LogP contribution in [0, 0.1) is 6.92 Å². The fourth-order valence-electron chi connectivity index (χ4n) is 4.05. The third kappa shape index (κ3) is 3.23. The summed E-state index contributed by atoms with van der Waals surface area (Å²) in [5.74, 6) is 0.0670. The molecular formula is C25H18N6OS. The molecule has 6 rings (SSSR count). The van der Waals surface area contributed by atoms with Gasteiger partial charge in [-0.2, -0.15) is 5.10 Å². The first-order valence-electron chi connectivity index (χ1n) is 10.4. The molecule has 2 N–H and O–H groups in total. The van der Waals surface area contributed by atoms with Crippen molar-refractivity contribution in [3.63, 3.8) is 0 Å². The second-order valence-corrected chi connectivity index (χ2v) is 9.01. The van der Waals surface area contributed by atoms with Crippen LogP contribution in [0.5, 0.6) is 0 Å². The molecule has 0 radical (unpaired) electrons. The molecule has 0 spiro atoms. The van der Waals surface area contributed by atoms with E-state index in [0.717, 1.165) is 65.3 Å². The maximum atomic E-state index is 11.8. The predicted octanol–water partition coefficient (Wildman–Crippen LogP) is 5.80. The molecule has 0 aliphatic carbocycles. The van der Waals surface area contributed by atoms with Crippen molar-refractivity contribution in [1.29, 1.82) is 0 Å².